The number of thiophene rings is 1. The van der Waals surface area contributed by atoms with Gasteiger partial charge < -0.3 is 10.6 Å². The van der Waals surface area contributed by atoms with Crippen molar-refractivity contribution in [2.45, 2.75) is 46.1 Å². The van der Waals surface area contributed by atoms with Crippen LogP contribution in [0.3, 0.4) is 0 Å². The number of rotatable bonds is 6. The summed E-state index contributed by atoms with van der Waals surface area (Å²) >= 11 is 1.87. The average Bonchev–Trinajstić information content (AvgIpc) is 2.73. The lowest BCUT2D eigenvalue weighted by atomic mass is 10.2. The Balaban J connectivity index is 0.00000324. The first kappa shape index (κ1) is 18.7. The van der Waals surface area contributed by atoms with Crippen LogP contribution in [0.1, 0.15) is 36.4 Å². The first-order valence-electron chi connectivity index (χ1n) is 6.68. The summed E-state index contributed by atoms with van der Waals surface area (Å²) < 4.78 is 0. The predicted molar refractivity (Wildman–Crippen MR) is 97.0 cm³/mol. The molecule has 2 N–H and O–H groups in total. The van der Waals surface area contributed by atoms with E-state index < -0.39 is 0 Å². The molecule has 0 amide bonds. The number of nitrogens with one attached hydrogen (secondary N) is 2. The zero-order valence-corrected chi connectivity index (χ0v) is 15.5. The van der Waals surface area contributed by atoms with E-state index in [1.54, 1.807) is 0 Å². The molecule has 0 radical (unpaired) electrons. The second-order valence-electron chi connectivity index (χ2n) is 4.61. The minimum atomic E-state index is 0. The van der Waals surface area contributed by atoms with Crippen molar-refractivity contribution in [2.75, 3.05) is 13.6 Å². The Morgan fingerprint density at radius 3 is 2.68 bits per heavy atom. The topological polar surface area (TPSA) is 36.4 Å². The standard InChI is InChI=1S/C14H25N3S.HI/c1-5-6-9-16-14(15-4)17-11(2)10-13-8-7-12(3)18-13;/h7-8,11H,5-6,9-10H2,1-4H3,(H2,15,16,17);1H. The summed E-state index contributed by atoms with van der Waals surface area (Å²) in [6.45, 7) is 7.53. The summed E-state index contributed by atoms with van der Waals surface area (Å²) in [7, 11) is 1.82. The molecule has 1 aromatic rings. The molecule has 5 heteroatoms. The molecule has 0 saturated carbocycles. The molecule has 3 nitrogen and oxygen atoms in total. The SMILES string of the molecule is CCCCNC(=NC)NC(C)Cc1ccc(C)s1.I. The molecule has 0 aliphatic heterocycles. The Kier molecular flexibility index (Phi) is 10.3. The van der Waals surface area contributed by atoms with Crippen LogP contribution in [0.25, 0.3) is 0 Å². The normalized spacial score (nSPS) is 12.7. The lowest BCUT2D eigenvalue weighted by Crippen LogP contribution is -2.43. The number of hydrogen-bond donors (Lipinski definition) is 2. The molecule has 1 rings (SSSR count). The Hall–Kier alpha value is -0.300. The minimum Gasteiger partial charge on any atom is -0.356 e. The van der Waals surface area contributed by atoms with Crippen LogP contribution in [-0.4, -0.2) is 25.6 Å². The lowest BCUT2D eigenvalue weighted by Gasteiger charge is -2.17. The molecule has 0 saturated heterocycles. The molecular weight excluding hydrogens is 369 g/mol. The quantitative estimate of drug-likeness (QED) is 0.334. The average molecular weight is 395 g/mol. The van der Waals surface area contributed by atoms with E-state index in [1.807, 2.05) is 18.4 Å². The Bertz CT molecular complexity index is 377. The molecule has 0 aliphatic carbocycles. The van der Waals surface area contributed by atoms with Crippen LogP contribution in [0.5, 0.6) is 0 Å². The maximum Gasteiger partial charge on any atom is 0.191 e. The third-order valence-electron chi connectivity index (χ3n) is 2.73. The van der Waals surface area contributed by atoms with Crippen molar-refractivity contribution in [1.29, 1.82) is 0 Å². The number of hydrogen-bond acceptors (Lipinski definition) is 2. The summed E-state index contributed by atoms with van der Waals surface area (Å²) in [6, 6.07) is 4.79. The van der Waals surface area contributed by atoms with Crippen molar-refractivity contribution >= 4 is 41.3 Å². The molecule has 1 aromatic heterocycles. The highest BCUT2D eigenvalue weighted by molar-refractivity contribution is 14.0. The van der Waals surface area contributed by atoms with Gasteiger partial charge in [0, 0.05) is 35.8 Å². The van der Waals surface area contributed by atoms with Crippen LogP contribution in [-0.2, 0) is 6.42 Å². The van der Waals surface area contributed by atoms with E-state index in [2.05, 4.69) is 48.5 Å². The van der Waals surface area contributed by atoms with Gasteiger partial charge in [0.1, 0.15) is 0 Å². The summed E-state index contributed by atoms with van der Waals surface area (Å²) in [6.07, 6.45) is 3.43. The van der Waals surface area contributed by atoms with Crippen molar-refractivity contribution in [1.82, 2.24) is 10.6 Å². The number of aliphatic imine (C=N–C) groups is 1. The zero-order valence-electron chi connectivity index (χ0n) is 12.3. The maximum absolute atomic E-state index is 4.24. The van der Waals surface area contributed by atoms with Gasteiger partial charge in [-0.3, -0.25) is 4.99 Å². The third kappa shape index (κ3) is 7.77. The van der Waals surface area contributed by atoms with Gasteiger partial charge in [-0.1, -0.05) is 13.3 Å². The van der Waals surface area contributed by atoms with Crippen LogP contribution < -0.4 is 10.6 Å². The van der Waals surface area contributed by atoms with Gasteiger partial charge >= 0.3 is 0 Å². The molecule has 1 atom stereocenters. The Morgan fingerprint density at radius 1 is 1.42 bits per heavy atom. The van der Waals surface area contributed by atoms with Gasteiger partial charge in [-0.2, -0.15) is 0 Å². The largest absolute Gasteiger partial charge is 0.356 e. The second kappa shape index (κ2) is 10.5. The van der Waals surface area contributed by atoms with Crippen molar-refractivity contribution in [2.24, 2.45) is 4.99 Å². The maximum atomic E-state index is 4.24. The van der Waals surface area contributed by atoms with Crippen LogP contribution in [0.15, 0.2) is 17.1 Å². The van der Waals surface area contributed by atoms with Gasteiger partial charge in [-0.05, 0) is 32.4 Å². The van der Waals surface area contributed by atoms with Gasteiger partial charge in [0.2, 0.25) is 0 Å². The van der Waals surface area contributed by atoms with Crippen molar-refractivity contribution in [3.63, 3.8) is 0 Å². The highest BCUT2D eigenvalue weighted by atomic mass is 127. The monoisotopic (exact) mass is 395 g/mol. The highest BCUT2D eigenvalue weighted by Gasteiger charge is 2.07. The summed E-state index contributed by atoms with van der Waals surface area (Å²) in [5.74, 6) is 0.907. The number of aryl methyl sites for hydroxylation is 1. The molecule has 0 spiro atoms. The van der Waals surface area contributed by atoms with Crippen LogP contribution in [0, 0.1) is 6.92 Å². The van der Waals surface area contributed by atoms with E-state index in [0.717, 1.165) is 18.9 Å². The molecule has 1 heterocycles. The second-order valence-corrected chi connectivity index (χ2v) is 5.99. The van der Waals surface area contributed by atoms with Crippen LogP contribution >= 0.6 is 35.3 Å². The van der Waals surface area contributed by atoms with Gasteiger partial charge in [0.15, 0.2) is 5.96 Å². The first-order valence-corrected chi connectivity index (χ1v) is 7.49. The zero-order chi connectivity index (χ0) is 13.4. The predicted octanol–water partition coefficient (Wildman–Crippen LogP) is 3.57. The van der Waals surface area contributed by atoms with Gasteiger partial charge in [-0.15, -0.1) is 35.3 Å². The molecule has 1 unspecified atom stereocenters. The number of unbranched alkanes of at least 4 members (excludes halogenated alkanes) is 1. The molecule has 0 bridgehead atoms. The van der Waals surface area contributed by atoms with E-state index in [9.17, 15) is 0 Å². The Labute approximate surface area is 138 Å². The number of guanidine groups is 1. The first-order chi connectivity index (χ1) is 8.65. The molecule has 19 heavy (non-hydrogen) atoms. The van der Waals surface area contributed by atoms with Crippen molar-refractivity contribution < 1.29 is 0 Å². The van der Waals surface area contributed by atoms with Crippen molar-refractivity contribution in [3.8, 4) is 0 Å². The third-order valence-corrected chi connectivity index (χ3v) is 3.76. The molecular formula is C14H26IN3S. The summed E-state index contributed by atoms with van der Waals surface area (Å²) in [4.78, 5) is 7.05. The van der Waals surface area contributed by atoms with Gasteiger partial charge in [-0.25, -0.2) is 0 Å². The van der Waals surface area contributed by atoms with E-state index in [1.165, 1.54) is 22.6 Å². The summed E-state index contributed by atoms with van der Waals surface area (Å²) in [5, 5.41) is 6.76. The van der Waals surface area contributed by atoms with Crippen molar-refractivity contribution in [3.05, 3.63) is 21.9 Å². The van der Waals surface area contributed by atoms with E-state index in [0.29, 0.717) is 6.04 Å². The number of nitrogens with zero attached hydrogens (tertiary/aromatic N) is 1. The fourth-order valence-corrected chi connectivity index (χ4v) is 2.78. The molecule has 0 aromatic carbocycles. The minimum absolute atomic E-state index is 0. The lowest BCUT2D eigenvalue weighted by molar-refractivity contribution is 0.638. The molecule has 110 valence electrons. The highest BCUT2D eigenvalue weighted by Crippen LogP contribution is 2.16. The molecule has 0 aliphatic rings. The van der Waals surface area contributed by atoms with Crippen LogP contribution in [0.2, 0.25) is 0 Å². The van der Waals surface area contributed by atoms with Gasteiger partial charge in [0.25, 0.3) is 0 Å². The summed E-state index contributed by atoms with van der Waals surface area (Å²) in [5.41, 5.74) is 0. The van der Waals surface area contributed by atoms with E-state index >= 15 is 0 Å². The fraction of sp³-hybridized carbons (Fsp3) is 0.643. The fourth-order valence-electron chi connectivity index (χ4n) is 1.76. The molecule has 0 fully saturated rings. The Morgan fingerprint density at radius 2 is 2.16 bits per heavy atom. The van der Waals surface area contributed by atoms with Gasteiger partial charge in [0.05, 0.1) is 0 Å². The van der Waals surface area contributed by atoms with Crippen LogP contribution in [0.4, 0.5) is 0 Å². The van der Waals surface area contributed by atoms with E-state index in [-0.39, 0.29) is 24.0 Å². The smallest absolute Gasteiger partial charge is 0.191 e. The number of halogens is 1. The van der Waals surface area contributed by atoms with E-state index in [4.69, 9.17) is 0 Å².